The molecule has 0 radical (unpaired) electrons. The Kier molecular flexibility index (Phi) is 4.27. The summed E-state index contributed by atoms with van der Waals surface area (Å²) in [5.74, 6) is 0.0859. The average molecular weight is 393 g/mol. The Balaban J connectivity index is 1.94. The molecule has 0 fully saturated rings. The lowest BCUT2D eigenvalue weighted by Gasteiger charge is -2.21. The zero-order chi connectivity index (χ0) is 20.7. The summed E-state index contributed by atoms with van der Waals surface area (Å²) in [5, 5.41) is 19.1. The van der Waals surface area contributed by atoms with E-state index >= 15 is 0 Å². The standard InChI is InChI=1S/C19H16FN7O2/c1-9-12-6-11(20)3-4-13(12)24-19(28)25-18-16(14(7-21)27(2)26-18)10-5-15(29-9)17(22)23-8-10/h3-6,8-9H,1-2H3,(H2,22,23)(H2,24,25,26,28)/t9-/m1/s1. The number of pyridine rings is 1. The number of urea groups is 1. The molecule has 0 saturated carbocycles. The van der Waals surface area contributed by atoms with E-state index in [1.54, 1.807) is 20.0 Å². The molecule has 0 aliphatic carbocycles. The maximum absolute atomic E-state index is 13.8. The fraction of sp³-hybridized carbons (Fsp3) is 0.158. The molecule has 146 valence electrons. The highest BCUT2D eigenvalue weighted by atomic mass is 19.1. The van der Waals surface area contributed by atoms with E-state index in [2.05, 4.69) is 26.8 Å². The van der Waals surface area contributed by atoms with Gasteiger partial charge in [-0.25, -0.2) is 14.2 Å². The zero-order valence-electron chi connectivity index (χ0n) is 15.5. The van der Waals surface area contributed by atoms with Gasteiger partial charge < -0.3 is 15.8 Å². The number of benzene rings is 1. The molecule has 0 saturated heterocycles. The zero-order valence-corrected chi connectivity index (χ0v) is 15.5. The van der Waals surface area contributed by atoms with Crippen LogP contribution in [0, 0.1) is 17.1 Å². The van der Waals surface area contributed by atoms with Crippen molar-refractivity contribution < 1.29 is 13.9 Å². The number of carbonyl (C=O) groups is 1. The second-order valence-corrected chi connectivity index (χ2v) is 6.49. The molecule has 0 spiro atoms. The molecular formula is C19H16FN7O2. The number of nitrogen functional groups attached to an aromatic ring is 1. The van der Waals surface area contributed by atoms with Gasteiger partial charge in [0.2, 0.25) is 0 Å². The van der Waals surface area contributed by atoms with Crippen LogP contribution in [0.4, 0.5) is 26.5 Å². The van der Waals surface area contributed by atoms with Gasteiger partial charge in [0, 0.05) is 30.1 Å². The minimum atomic E-state index is -0.649. The van der Waals surface area contributed by atoms with Crippen LogP contribution in [0.1, 0.15) is 24.3 Å². The van der Waals surface area contributed by atoms with Crippen LogP contribution in [0.25, 0.3) is 11.1 Å². The third-order valence-electron chi connectivity index (χ3n) is 4.56. The van der Waals surface area contributed by atoms with E-state index < -0.39 is 18.0 Å². The minimum absolute atomic E-state index is 0.136. The molecule has 2 aromatic heterocycles. The van der Waals surface area contributed by atoms with E-state index in [9.17, 15) is 14.4 Å². The number of hydrogen-bond acceptors (Lipinski definition) is 6. The summed E-state index contributed by atoms with van der Waals surface area (Å²) in [6.45, 7) is 1.70. The maximum atomic E-state index is 13.8. The van der Waals surface area contributed by atoms with Gasteiger partial charge in [0.15, 0.2) is 17.4 Å². The van der Waals surface area contributed by atoms with Crippen molar-refractivity contribution in [2.75, 3.05) is 16.4 Å². The van der Waals surface area contributed by atoms with E-state index in [0.29, 0.717) is 22.4 Å². The Labute approximate surface area is 164 Å². The van der Waals surface area contributed by atoms with Gasteiger partial charge in [-0.1, -0.05) is 0 Å². The Morgan fingerprint density at radius 3 is 2.90 bits per heavy atom. The summed E-state index contributed by atoms with van der Waals surface area (Å²) >= 11 is 0. The van der Waals surface area contributed by atoms with Crippen molar-refractivity contribution in [2.45, 2.75) is 13.0 Å². The number of hydrogen-bond donors (Lipinski definition) is 3. The number of halogens is 1. The number of amides is 2. The quantitative estimate of drug-likeness (QED) is 0.538. The number of nitrogens with zero attached hydrogens (tertiary/aromatic N) is 4. The number of anilines is 3. The predicted octanol–water partition coefficient (Wildman–Crippen LogP) is 3.17. The van der Waals surface area contributed by atoms with Crippen molar-refractivity contribution in [1.82, 2.24) is 14.8 Å². The lowest BCUT2D eigenvalue weighted by Crippen LogP contribution is -2.22. The monoisotopic (exact) mass is 393 g/mol. The second kappa shape index (κ2) is 6.79. The first-order valence-electron chi connectivity index (χ1n) is 8.64. The summed E-state index contributed by atoms with van der Waals surface area (Å²) in [4.78, 5) is 16.7. The first-order chi connectivity index (χ1) is 13.9. The first kappa shape index (κ1) is 18.2. The highest BCUT2D eigenvalue weighted by Gasteiger charge is 2.24. The van der Waals surface area contributed by atoms with Gasteiger partial charge in [-0.3, -0.25) is 10.00 Å². The Bertz CT molecular complexity index is 1180. The van der Waals surface area contributed by atoms with Gasteiger partial charge in [-0.2, -0.15) is 10.4 Å². The van der Waals surface area contributed by atoms with Gasteiger partial charge in [-0.15, -0.1) is 0 Å². The summed E-state index contributed by atoms with van der Waals surface area (Å²) in [6.07, 6.45) is 0.816. The number of aryl methyl sites for hydroxylation is 1. The van der Waals surface area contributed by atoms with E-state index in [4.69, 9.17) is 10.5 Å². The topological polar surface area (TPSA) is 131 Å². The van der Waals surface area contributed by atoms with Crippen LogP contribution >= 0.6 is 0 Å². The molecule has 1 atom stereocenters. The molecular weight excluding hydrogens is 377 g/mol. The lowest BCUT2D eigenvalue weighted by atomic mass is 10.1. The summed E-state index contributed by atoms with van der Waals surface area (Å²) in [6, 6.07) is 7.03. The first-order valence-corrected chi connectivity index (χ1v) is 8.64. The van der Waals surface area contributed by atoms with E-state index in [1.807, 2.05) is 0 Å². The number of nitrogens with two attached hydrogens (primary N) is 1. The molecule has 0 unspecified atom stereocenters. The molecule has 4 rings (SSSR count). The van der Waals surface area contributed by atoms with Crippen molar-refractivity contribution in [2.24, 2.45) is 7.05 Å². The third kappa shape index (κ3) is 3.19. The second-order valence-electron chi connectivity index (χ2n) is 6.49. The van der Waals surface area contributed by atoms with Crippen LogP contribution in [0.2, 0.25) is 0 Å². The van der Waals surface area contributed by atoms with Crippen molar-refractivity contribution in [3.05, 3.63) is 47.5 Å². The van der Waals surface area contributed by atoms with E-state index in [1.165, 1.54) is 29.1 Å². The van der Waals surface area contributed by atoms with Gasteiger partial charge in [0.1, 0.15) is 23.7 Å². The predicted molar refractivity (Wildman–Crippen MR) is 104 cm³/mol. The molecule has 10 heteroatoms. The van der Waals surface area contributed by atoms with Crippen molar-refractivity contribution in [1.29, 1.82) is 5.26 Å². The molecule has 2 bridgehead atoms. The van der Waals surface area contributed by atoms with Crippen LogP contribution < -0.4 is 21.1 Å². The smallest absolute Gasteiger partial charge is 0.324 e. The molecule has 2 amide bonds. The lowest BCUT2D eigenvalue weighted by molar-refractivity contribution is 0.228. The molecule has 1 aromatic carbocycles. The molecule has 4 N–H and O–H groups in total. The Morgan fingerprint density at radius 2 is 2.14 bits per heavy atom. The third-order valence-corrected chi connectivity index (χ3v) is 4.56. The summed E-state index contributed by atoms with van der Waals surface area (Å²) < 4.78 is 21.1. The maximum Gasteiger partial charge on any atom is 0.324 e. The van der Waals surface area contributed by atoms with Gasteiger partial charge in [0.25, 0.3) is 0 Å². The van der Waals surface area contributed by atoms with E-state index in [0.717, 1.165) is 0 Å². The van der Waals surface area contributed by atoms with Crippen molar-refractivity contribution in [3.8, 4) is 22.9 Å². The highest BCUT2D eigenvalue weighted by molar-refractivity contribution is 6.02. The van der Waals surface area contributed by atoms with Crippen LogP contribution in [0.3, 0.4) is 0 Å². The number of ether oxygens (including phenoxy) is 1. The molecule has 3 heterocycles. The summed E-state index contributed by atoms with van der Waals surface area (Å²) in [5.41, 5.74) is 7.84. The molecule has 1 aliphatic rings. The van der Waals surface area contributed by atoms with Crippen LogP contribution in [-0.2, 0) is 7.05 Å². The van der Waals surface area contributed by atoms with Gasteiger partial charge in [0.05, 0.1) is 5.56 Å². The molecule has 29 heavy (non-hydrogen) atoms. The average Bonchev–Trinajstić information content (AvgIpc) is 2.98. The normalized spacial score (nSPS) is 15.4. The molecule has 3 aromatic rings. The Morgan fingerprint density at radius 1 is 1.34 bits per heavy atom. The van der Waals surface area contributed by atoms with Crippen LogP contribution in [0.5, 0.6) is 5.75 Å². The number of nitrogens with one attached hydrogen (secondary N) is 2. The fourth-order valence-electron chi connectivity index (χ4n) is 3.20. The molecule has 1 aliphatic heterocycles. The number of fused-ring (bicyclic) bond motifs is 5. The number of rotatable bonds is 0. The van der Waals surface area contributed by atoms with Gasteiger partial charge in [-0.05, 0) is 31.2 Å². The van der Waals surface area contributed by atoms with Crippen LogP contribution in [-0.4, -0.2) is 20.8 Å². The van der Waals surface area contributed by atoms with E-state index in [-0.39, 0.29) is 23.1 Å². The fourth-order valence-corrected chi connectivity index (χ4v) is 3.20. The van der Waals surface area contributed by atoms with Gasteiger partial charge >= 0.3 is 6.03 Å². The van der Waals surface area contributed by atoms with Crippen LogP contribution in [0.15, 0.2) is 30.5 Å². The van der Waals surface area contributed by atoms with Crippen molar-refractivity contribution in [3.63, 3.8) is 0 Å². The largest absolute Gasteiger partial charge is 0.482 e. The number of carbonyl (C=O) groups excluding carboxylic acids is 1. The number of nitriles is 1. The Hall–Kier alpha value is -4.13. The minimum Gasteiger partial charge on any atom is -0.482 e. The summed E-state index contributed by atoms with van der Waals surface area (Å²) in [7, 11) is 1.59. The SMILES string of the molecule is C[C@H]1Oc2cc(cnc2N)-c2c(nn(C)c2C#N)NC(=O)Nc2ccc(F)cc21. The van der Waals surface area contributed by atoms with Crippen molar-refractivity contribution >= 4 is 23.4 Å². The highest BCUT2D eigenvalue weighted by Crippen LogP contribution is 2.37. The molecule has 9 nitrogen and oxygen atoms in total. The number of aromatic nitrogens is 3.